The molecule has 0 saturated carbocycles. The number of carbonyl (C=O) groups excluding carboxylic acids is 1. The van der Waals surface area contributed by atoms with Crippen LogP contribution >= 0.6 is 0 Å². The van der Waals surface area contributed by atoms with E-state index in [0.29, 0.717) is 17.0 Å². The summed E-state index contributed by atoms with van der Waals surface area (Å²) in [5.41, 5.74) is 6.25. The van der Waals surface area contributed by atoms with Crippen molar-refractivity contribution in [2.75, 3.05) is 19.5 Å². The molecule has 0 aliphatic rings. The Bertz CT molecular complexity index is 410. The molecule has 1 aromatic carbocycles. The molecule has 0 radical (unpaired) electrons. The van der Waals surface area contributed by atoms with Gasteiger partial charge in [-0.2, -0.15) is 5.26 Å². The lowest BCUT2D eigenvalue weighted by molar-refractivity contribution is 0.0555. The molecule has 0 bridgehead atoms. The number of anilines is 1. The van der Waals surface area contributed by atoms with E-state index in [-0.39, 0.29) is 6.61 Å². The summed E-state index contributed by atoms with van der Waals surface area (Å²) in [5.74, 6) is -0.0854. The minimum absolute atomic E-state index is 0.273. The summed E-state index contributed by atoms with van der Waals surface area (Å²) in [6, 6.07) is 6.24. The molecule has 0 fully saturated rings. The molecule has 0 unspecified atom stereocenters. The van der Waals surface area contributed by atoms with E-state index in [1.54, 1.807) is 12.1 Å². The zero-order chi connectivity index (χ0) is 11.3. The Morgan fingerprint density at radius 1 is 1.60 bits per heavy atom. The average molecular weight is 206 g/mol. The van der Waals surface area contributed by atoms with E-state index in [4.69, 9.17) is 15.7 Å². The summed E-state index contributed by atoms with van der Waals surface area (Å²) in [6.07, 6.45) is 0. The van der Waals surface area contributed by atoms with Crippen molar-refractivity contribution in [3.8, 4) is 11.8 Å². The van der Waals surface area contributed by atoms with Gasteiger partial charge in [0.2, 0.25) is 0 Å². The maximum absolute atomic E-state index is 11.3. The standard InChI is InChI=1S/C10H10N2O3/c1-14-9-3-2-7(6-8(9)12)10(13)15-5-4-11/h2-3,6H,5,12H2,1H3. The second kappa shape index (κ2) is 4.86. The van der Waals surface area contributed by atoms with Gasteiger partial charge in [-0.25, -0.2) is 4.79 Å². The highest BCUT2D eigenvalue weighted by Crippen LogP contribution is 2.22. The van der Waals surface area contributed by atoms with Gasteiger partial charge in [-0.05, 0) is 18.2 Å². The Morgan fingerprint density at radius 3 is 2.87 bits per heavy atom. The number of ether oxygens (including phenoxy) is 2. The lowest BCUT2D eigenvalue weighted by Gasteiger charge is -2.05. The monoisotopic (exact) mass is 206 g/mol. The summed E-state index contributed by atoms with van der Waals surface area (Å²) >= 11 is 0. The van der Waals surface area contributed by atoms with E-state index < -0.39 is 5.97 Å². The van der Waals surface area contributed by atoms with Gasteiger partial charge in [-0.3, -0.25) is 0 Å². The highest BCUT2D eigenvalue weighted by molar-refractivity contribution is 5.91. The Morgan fingerprint density at radius 2 is 2.33 bits per heavy atom. The van der Waals surface area contributed by atoms with Crippen LogP contribution in [0.4, 0.5) is 5.69 Å². The molecule has 0 saturated heterocycles. The number of rotatable bonds is 3. The number of esters is 1. The Labute approximate surface area is 87.0 Å². The first kappa shape index (κ1) is 10.9. The third kappa shape index (κ3) is 2.61. The zero-order valence-corrected chi connectivity index (χ0v) is 8.19. The normalized spacial score (nSPS) is 9.07. The Balaban J connectivity index is 2.84. The van der Waals surface area contributed by atoms with Crippen LogP contribution in [-0.2, 0) is 4.74 Å². The molecule has 5 heteroatoms. The molecule has 0 atom stereocenters. The summed E-state index contributed by atoms with van der Waals surface area (Å²) < 4.78 is 9.54. The number of hydrogen-bond acceptors (Lipinski definition) is 5. The topological polar surface area (TPSA) is 85.3 Å². The molecule has 78 valence electrons. The quantitative estimate of drug-likeness (QED) is 0.588. The van der Waals surface area contributed by atoms with Gasteiger partial charge in [0, 0.05) is 0 Å². The van der Waals surface area contributed by atoms with Crippen molar-refractivity contribution in [1.82, 2.24) is 0 Å². The van der Waals surface area contributed by atoms with Gasteiger partial charge in [0.15, 0.2) is 6.61 Å². The number of carbonyl (C=O) groups is 1. The lowest BCUT2D eigenvalue weighted by Crippen LogP contribution is -2.06. The molecule has 0 spiro atoms. The molecule has 0 amide bonds. The predicted molar refractivity (Wildman–Crippen MR) is 53.3 cm³/mol. The predicted octanol–water partition coefficient (Wildman–Crippen LogP) is 0.958. The molecule has 0 aliphatic heterocycles. The number of nitriles is 1. The fraction of sp³-hybridized carbons (Fsp3) is 0.200. The molecule has 1 aromatic rings. The minimum atomic E-state index is -0.578. The van der Waals surface area contributed by atoms with Crippen LogP contribution in [0.1, 0.15) is 10.4 Å². The smallest absolute Gasteiger partial charge is 0.339 e. The van der Waals surface area contributed by atoms with Crippen LogP contribution in [0, 0.1) is 11.3 Å². The van der Waals surface area contributed by atoms with Crippen molar-refractivity contribution in [1.29, 1.82) is 5.26 Å². The molecule has 0 aromatic heterocycles. The summed E-state index contributed by atoms with van der Waals surface area (Å²) in [4.78, 5) is 11.3. The van der Waals surface area contributed by atoms with Gasteiger partial charge in [0.1, 0.15) is 11.8 Å². The van der Waals surface area contributed by atoms with Crippen LogP contribution in [-0.4, -0.2) is 19.7 Å². The number of nitrogens with zero attached hydrogens (tertiary/aromatic N) is 1. The van der Waals surface area contributed by atoms with E-state index in [9.17, 15) is 4.79 Å². The van der Waals surface area contributed by atoms with E-state index in [2.05, 4.69) is 4.74 Å². The fourth-order valence-electron chi connectivity index (χ4n) is 1.04. The van der Waals surface area contributed by atoms with E-state index in [1.807, 2.05) is 0 Å². The van der Waals surface area contributed by atoms with E-state index in [0.717, 1.165) is 0 Å². The molecule has 15 heavy (non-hydrogen) atoms. The Hall–Kier alpha value is -2.22. The second-order valence-corrected chi connectivity index (χ2v) is 2.69. The van der Waals surface area contributed by atoms with Crippen LogP contribution < -0.4 is 10.5 Å². The number of nitrogen functional groups attached to an aromatic ring is 1. The van der Waals surface area contributed by atoms with Gasteiger partial charge in [0.05, 0.1) is 18.4 Å². The number of methoxy groups -OCH3 is 1. The van der Waals surface area contributed by atoms with Crippen LogP contribution in [0.3, 0.4) is 0 Å². The van der Waals surface area contributed by atoms with E-state index >= 15 is 0 Å². The second-order valence-electron chi connectivity index (χ2n) is 2.69. The largest absolute Gasteiger partial charge is 0.495 e. The highest BCUT2D eigenvalue weighted by Gasteiger charge is 2.09. The molecule has 0 heterocycles. The Kier molecular flexibility index (Phi) is 3.52. The van der Waals surface area contributed by atoms with E-state index in [1.165, 1.54) is 19.2 Å². The minimum Gasteiger partial charge on any atom is -0.495 e. The first-order valence-corrected chi connectivity index (χ1v) is 4.16. The third-order valence-electron chi connectivity index (χ3n) is 1.73. The van der Waals surface area contributed by atoms with Crippen LogP contribution in [0.2, 0.25) is 0 Å². The molecule has 1 rings (SSSR count). The van der Waals surface area contributed by atoms with Gasteiger partial charge in [0.25, 0.3) is 0 Å². The number of benzene rings is 1. The van der Waals surface area contributed by atoms with Crippen LogP contribution in [0.25, 0.3) is 0 Å². The van der Waals surface area contributed by atoms with Crippen molar-refractivity contribution in [2.24, 2.45) is 0 Å². The van der Waals surface area contributed by atoms with Crippen molar-refractivity contribution in [3.63, 3.8) is 0 Å². The van der Waals surface area contributed by atoms with Gasteiger partial charge >= 0.3 is 5.97 Å². The SMILES string of the molecule is COc1ccc(C(=O)OCC#N)cc1N. The molecule has 5 nitrogen and oxygen atoms in total. The fourth-order valence-corrected chi connectivity index (χ4v) is 1.04. The van der Waals surface area contributed by atoms with Gasteiger partial charge in [-0.15, -0.1) is 0 Å². The third-order valence-corrected chi connectivity index (χ3v) is 1.73. The maximum Gasteiger partial charge on any atom is 0.339 e. The van der Waals surface area contributed by atoms with Gasteiger partial charge in [-0.1, -0.05) is 0 Å². The van der Waals surface area contributed by atoms with Crippen molar-refractivity contribution >= 4 is 11.7 Å². The van der Waals surface area contributed by atoms with Crippen molar-refractivity contribution in [3.05, 3.63) is 23.8 Å². The molecular weight excluding hydrogens is 196 g/mol. The first-order valence-electron chi connectivity index (χ1n) is 4.16. The number of nitrogens with two attached hydrogens (primary N) is 1. The highest BCUT2D eigenvalue weighted by atomic mass is 16.5. The summed E-state index contributed by atoms with van der Waals surface area (Å²) in [7, 11) is 1.49. The molecule has 0 aliphatic carbocycles. The van der Waals surface area contributed by atoms with Gasteiger partial charge < -0.3 is 15.2 Å². The lowest BCUT2D eigenvalue weighted by atomic mass is 10.2. The maximum atomic E-state index is 11.3. The first-order chi connectivity index (χ1) is 7.19. The van der Waals surface area contributed by atoms with Crippen LogP contribution in [0.15, 0.2) is 18.2 Å². The summed E-state index contributed by atoms with van der Waals surface area (Å²) in [5, 5.41) is 8.23. The number of hydrogen-bond donors (Lipinski definition) is 1. The zero-order valence-electron chi connectivity index (χ0n) is 8.19. The molecule has 2 N–H and O–H groups in total. The van der Waals surface area contributed by atoms with Crippen molar-refractivity contribution < 1.29 is 14.3 Å². The molecular formula is C10H10N2O3. The summed E-state index contributed by atoms with van der Waals surface area (Å²) in [6.45, 7) is -0.273. The average Bonchev–Trinajstić information content (AvgIpc) is 2.25. The van der Waals surface area contributed by atoms with Crippen LogP contribution in [0.5, 0.6) is 5.75 Å². The van der Waals surface area contributed by atoms with Crippen molar-refractivity contribution in [2.45, 2.75) is 0 Å².